The first-order valence-electron chi connectivity index (χ1n) is 6.88. The van der Waals surface area contributed by atoms with Crippen LogP contribution < -0.4 is 5.32 Å². The molecule has 0 spiro atoms. The number of fused-ring (bicyclic) bond motifs is 2. The minimum absolute atomic E-state index is 0. The Kier molecular flexibility index (Phi) is 3.61. The first kappa shape index (κ1) is 14.0. The fourth-order valence-electron chi connectivity index (χ4n) is 2.77. The summed E-state index contributed by atoms with van der Waals surface area (Å²) in [6.45, 7) is 3.76. The predicted octanol–water partition coefficient (Wildman–Crippen LogP) is 2.61. The van der Waals surface area contributed by atoms with Crippen LogP contribution in [0.3, 0.4) is 0 Å². The molecule has 3 aromatic heterocycles. The number of aryl methyl sites for hydroxylation is 1. The van der Waals surface area contributed by atoms with Gasteiger partial charge in [0.1, 0.15) is 11.5 Å². The van der Waals surface area contributed by atoms with Gasteiger partial charge in [-0.25, -0.2) is 15.0 Å². The lowest BCUT2D eigenvalue weighted by Crippen LogP contribution is -2.02. The molecule has 0 unspecified atom stereocenters. The third kappa shape index (κ3) is 2.18. The van der Waals surface area contributed by atoms with E-state index in [-0.39, 0.29) is 12.4 Å². The van der Waals surface area contributed by atoms with E-state index in [0.29, 0.717) is 0 Å². The van der Waals surface area contributed by atoms with Crippen LogP contribution in [0.25, 0.3) is 22.3 Å². The molecular weight excluding hydrogens is 286 g/mol. The molecule has 0 saturated carbocycles. The summed E-state index contributed by atoms with van der Waals surface area (Å²) in [6.07, 6.45) is 4.60. The Labute approximate surface area is 128 Å². The Bertz CT molecular complexity index is 796. The Morgan fingerprint density at radius 2 is 2.10 bits per heavy atom. The highest BCUT2D eigenvalue weighted by Gasteiger charge is 2.20. The Balaban J connectivity index is 0.00000132. The number of nitrogens with one attached hydrogen (secondary N) is 2. The lowest BCUT2D eigenvalue weighted by Gasteiger charge is -2.10. The maximum absolute atomic E-state index is 4.77. The number of halogens is 1. The number of pyridine rings is 1. The van der Waals surface area contributed by atoms with E-state index in [0.717, 1.165) is 53.3 Å². The number of hydrogen-bond donors (Lipinski definition) is 2. The molecular formula is C15H16ClN5. The fourth-order valence-corrected chi connectivity index (χ4v) is 2.77. The van der Waals surface area contributed by atoms with Crippen molar-refractivity contribution in [2.75, 3.05) is 0 Å². The zero-order valence-electron chi connectivity index (χ0n) is 11.7. The van der Waals surface area contributed by atoms with Gasteiger partial charge in [0.25, 0.3) is 0 Å². The lowest BCUT2D eigenvalue weighted by atomic mass is 10.0. The minimum atomic E-state index is 0. The SMILES string of the molecule is CCc1nc2c(c(-c3ccnc4[nH]ccc34)n1)CNC2.Cl. The van der Waals surface area contributed by atoms with Crippen LogP contribution in [0.5, 0.6) is 0 Å². The second kappa shape index (κ2) is 5.42. The van der Waals surface area contributed by atoms with Gasteiger partial charge in [-0.15, -0.1) is 12.4 Å². The van der Waals surface area contributed by atoms with Gasteiger partial charge in [0.2, 0.25) is 0 Å². The number of hydrogen-bond acceptors (Lipinski definition) is 4. The van der Waals surface area contributed by atoms with E-state index in [1.807, 2.05) is 18.5 Å². The van der Waals surface area contributed by atoms with E-state index in [1.165, 1.54) is 5.56 Å². The van der Waals surface area contributed by atoms with Crippen molar-refractivity contribution in [3.05, 3.63) is 41.6 Å². The van der Waals surface area contributed by atoms with Crippen LogP contribution in [0.1, 0.15) is 24.0 Å². The molecule has 0 saturated heterocycles. The molecule has 0 aromatic carbocycles. The molecule has 0 radical (unpaired) electrons. The fraction of sp³-hybridized carbons (Fsp3) is 0.267. The summed E-state index contributed by atoms with van der Waals surface area (Å²) < 4.78 is 0. The zero-order valence-corrected chi connectivity index (χ0v) is 12.5. The average Bonchev–Trinajstić information content (AvgIpc) is 3.14. The molecule has 4 heterocycles. The van der Waals surface area contributed by atoms with Gasteiger partial charge >= 0.3 is 0 Å². The maximum atomic E-state index is 4.77. The molecule has 1 aliphatic heterocycles. The number of H-pyrrole nitrogens is 1. The Morgan fingerprint density at radius 1 is 1.19 bits per heavy atom. The maximum Gasteiger partial charge on any atom is 0.137 e. The Morgan fingerprint density at radius 3 is 2.95 bits per heavy atom. The van der Waals surface area contributed by atoms with Gasteiger partial charge < -0.3 is 10.3 Å². The molecule has 6 heteroatoms. The molecule has 108 valence electrons. The van der Waals surface area contributed by atoms with Crippen LogP contribution in [0, 0.1) is 0 Å². The molecule has 2 N–H and O–H groups in total. The van der Waals surface area contributed by atoms with Gasteiger partial charge in [-0.05, 0) is 12.1 Å². The van der Waals surface area contributed by atoms with E-state index < -0.39 is 0 Å². The molecule has 4 rings (SSSR count). The van der Waals surface area contributed by atoms with Crippen molar-refractivity contribution in [3.63, 3.8) is 0 Å². The van der Waals surface area contributed by atoms with Crippen LogP contribution in [0.15, 0.2) is 24.5 Å². The van der Waals surface area contributed by atoms with Crippen molar-refractivity contribution in [1.82, 2.24) is 25.3 Å². The summed E-state index contributed by atoms with van der Waals surface area (Å²) >= 11 is 0. The molecule has 0 atom stereocenters. The van der Waals surface area contributed by atoms with Crippen molar-refractivity contribution < 1.29 is 0 Å². The van der Waals surface area contributed by atoms with E-state index >= 15 is 0 Å². The van der Waals surface area contributed by atoms with E-state index in [4.69, 9.17) is 4.98 Å². The van der Waals surface area contributed by atoms with Crippen molar-refractivity contribution in [1.29, 1.82) is 0 Å². The van der Waals surface area contributed by atoms with E-state index in [9.17, 15) is 0 Å². The monoisotopic (exact) mass is 301 g/mol. The summed E-state index contributed by atoms with van der Waals surface area (Å²) in [5.74, 6) is 0.906. The zero-order chi connectivity index (χ0) is 13.5. The van der Waals surface area contributed by atoms with Gasteiger partial charge in [-0.1, -0.05) is 6.92 Å². The van der Waals surface area contributed by atoms with E-state index in [2.05, 4.69) is 33.3 Å². The van der Waals surface area contributed by atoms with Gasteiger partial charge in [-0.3, -0.25) is 0 Å². The van der Waals surface area contributed by atoms with Crippen molar-refractivity contribution >= 4 is 23.4 Å². The van der Waals surface area contributed by atoms with Gasteiger partial charge in [0.15, 0.2) is 0 Å². The topological polar surface area (TPSA) is 66.5 Å². The highest BCUT2D eigenvalue weighted by Crippen LogP contribution is 2.31. The molecule has 0 fully saturated rings. The van der Waals surface area contributed by atoms with Crippen molar-refractivity contribution in [2.45, 2.75) is 26.4 Å². The Hall–Kier alpha value is -1.98. The third-order valence-corrected chi connectivity index (χ3v) is 3.76. The highest BCUT2D eigenvalue weighted by molar-refractivity contribution is 5.92. The normalized spacial score (nSPS) is 13.2. The molecule has 0 aliphatic carbocycles. The van der Waals surface area contributed by atoms with Crippen LogP contribution in [-0.4, -0.2) is 19.9 Å². The highest BCUT2D eigenvalue weighted by atomic mass is 35.5. The second-order valence-corrected chi connectivity index (χ2v) is 4.97. The molecule has 0 bridgehead atoms. The van der Waals surface area contributed by atoms with Crippen molar-refractivity contribution in [2.24, 2.45) is 0 Å². The van der Waals surface area contributed by atoms with Crippen LogP contribution >= 0.6 is 12.4 Å². The number of aromatic nitrogens is 4. The first-order chi connectivity index (χ1) is 9.86. The van der Waals surface area contributed by atoms with Gasteiger partial charge in [0.05, 0.1) is 11.4 Å². The standard InChI is InChI=1S/C15H15N5.ClH/c1-2-13-19-12-8-16-7-11(12)14(20-13)9-3-5-17-15-10(9)4-6-18-15;/h3-6,16H,2,7-8H2,1H3,(H,17,18);1H. The van der Waals surface area contributed by atoms with Crippen LogP contribution in [0.4, 0.5) is 0 Å². The molecule has 1 aliphatic rings. The first-order valence-corrected chi connectivity index (χ1v) is 6.88. The summed E-state index contributed by atoms with van der Waals surface area (Å²) in [7, 11) is 0. The number of rotatable bonds is 2. The summed E-state index contributed by atoms with van der Waals surface area (Å²) in [4.78, 5) is 16.9. The van der Waals surface area contributed by atoms with Gasteiger partial charge in [-0.2, -0.15) is 0 Å². The summed E-state index contributed by atoms with van der Waals surface area (Å²) in [5, 5.41) is 4.48. The van der Waals surface area contributed by atoms with Gasteiger partial charge in [0, 0.05) is 48.4 Å². The smallest absolute Gasteiger partial charge is 0.137 e. The van der Waals surface area contributed by atoms with Crippen LogP contribution in [-0.2, 0) is 19.5 Å². The minimum Gasteiger partial charge on any atom is -0.346 e. The predicted molar refractivity (Wildman–Crippen MR) is 84.3 cm³/mol. The third-order valence-electron chi connectivity index (χ3n) is 3.76. The quantitative estimate of drug-likeness (QED) is 0.763. The van der Waals surface area contributed by atoms with Crippen molar-refractivity contribution in [3.8, 4) is 11.3 Å². The van der Waals surface area contributed by atoms with E-state index in [1.54, 1.807) is 0 Å². The van der Waals surface area contributed by atoms with Crippen LogP contribution in [0.2, 0.25) is 0 Å². The lowest BCUT2D eigenvalue weighted by molar-refractivity contribution is 0.756. The molecule has 5 nitrogen and oxygen atoms in total. The average molecular weight is 302 g/mol. The second-order valence-electron chi connectivity index (χ2n) is 4.97. The summed E-state index contributed by atoms with van der Waals surface area (Å²) in [6, 6.07) is 4.09. The molecule has 21 heavy (non-hydrogen) atoms. The number of aromatic amines is 1. The number of nitrogens with zero attached hydrogens (tertiary/aromatic N) is 3. The largest absolute Gasteiger partial charge is 0.346 e. The molecule has 3 aromatic rings. The summed E-state index contributed by atoms with van der Waals surface area (Å²) in [5.41, 5.74) is 5.43. The molecule has 0 amide bonds.